The number of hydrogen-bond acceptors (Lipinski definition) is 4. The van der Waals surface area contributed by atoms with Crippen LogP contribution in [0.5, 0.6) is 0 Å². The van der Waals surface area contributed by atoms with Gasteiger partial charge in [0.25, 0.3) is 0 Å². The van der Waals surface area contributed by atoms with Gasteiger partial charge < -0.3 is 9.47 Å². The van der Waals surface area contributed by atoms with Crippen LogP contribution < -0.4 is 0 Å². The van der Waals surface area contributed by atoms with E-state index in [1.807, 2.05) is 6.92 Å². The third-order valence-electron chi connectivity index (χ3n) is 3.30. The van der Waals surface area contributed by atoms with Crippen LogP contribution in [0.2, 0.25) is 0 Å². The van der Waals surface area contributed by atoms with Crippen molar-refractivity contribution >= 4 is 11.9 Å². The summed E-state index contributed by atoms with van der Waals surface area (Å²) in [6.07, 6.45) is 14.1. The molecule has 0 fully saturated rings. The lowest BCUT2D eigenvalue weighted by Gasteiger charge is -2.03. The normalized spacial score (nSPS) is 10.8. The van der Waals surface area contributed by atoms with Gasteiger partial charge in [-0.15, -0.1) is 0 Å². The van der Waals surface area contributed by atoms with Crippen molar-refractivity contribution in [3.8, 4) is 0 Å². The zero-order valence-corrected chi connectivity index (χ0v) is 14.3. The molecule has 0 rings (SSSR count). The molecule has 0 spiro atoms. The number of esters is 2. The van der Waals surface area contributed by atoms with E-state index in [9.17, 15) is 9.59 Å². The number of unbranched alkanes of at least 4 members (excludes halogenated alkanes) is 8. The molecular formula is C18H32O4. The third-order valence-corrected chi connectivity index (χ3v) is 3.30. The molecule has 22 heavy (non-hydrogen) atoms. The molecule has 0 aliphatic rings. The van der Waals surface area contributed by atoms with Gasteiger partial charge in [-0.3, -0.25) is 0 Å². The van der Waals surface area contributed by atoms with E-state index in [1.54, 1.807) is 0 Å². The molecular weight excluding hydrogens is 280 g/mol. The van der Waals surface area contributed by atoms with Crippen LogP contribution in [0.3, 0.4) is 0 Å². The van der Waals surface area contributed by atoms with Crippen LogP contribution in [0.25, 0.3) is 0 Å². The molecule has 0 aromatic heterocycles. The summed E-state index contributed by atoms with van der Waals surface area (Å²) in [6, 6.07) is 0. The first-order valence-electron chi connectivity index (χ1n) is 8.72. The highest BCUT2D eigenvalue weighted by Crippen LogP contribution is 2.09. The minimum absolute atomic E-state index is 0.372. The van der Waals surface area contributed by atoms with Crippen molar-refractivity contribution in [2.75, 3.05) is 13.2 Å². The van der Waals surface area contributed by atoms with E-state index in [4.69, 9.17) is 9.47 Å². The predicted molar refractivity (Wildman–Crippen MR) is 88.6 cm³/mol. The molecule has 0 saturated heterocycles. The molecule has 0 aromatic rings. The Hall–Kier alpha value is -1.32. The second kappa shape index (κ2) is 16.1. The Morgan fingerprint density at radius 3 is 1.59 bits per heavy atom. The number of hydrogen-bond donors (Lipinski definition) is 0. The zero-order chi connectivity index (χ0) is 16.5. The van der Waals surface area contributed by atoms with Crippen LogP contribution in [0.1, 0.15) is 78.1 Å². The predicted octanol–water partition coefficient (Wildman–Crippen LogP) is 4.57. The maximum Gasteiger partial charge on any atom is 0.331 e. The van der Waals surface area contributed by atoms with Crippen molar-refractivity contribution in [2.24, 2.45) is 0 Å². The monoisotopic (exact) mass is 312 g/mol. The third kappa shape index (κ3) is 15.1. The number of rotatable bonds is 14. The SMILES string of the molecule is CCCCCCCCCCCOC(=O)/C=C/C(=O)OCCC. The molecule has 0 saturated carbocycles. The first kappa shape index (κ1) is 20.7. The summed E-state index contributed by atoms with van der Waals surface area (Å²) in [5.74, 6) is -0.977. The Balaban J connectivity index is 3.38. The molecule has 0 unspecified atom stereocenters. The second-order valence-electron chi connectivity index (χ2n) is 5.50. The summed E-state index contributed by atoms with van der Waals surface area (Å²) in [4.78, 5) is 22.5. The standard InChI is InChI=1S/C18H32O4/c1-3-5-6-7-8-9-10-11-12-16-22-18(20)14-13-17(19)21-15-4-2/h13-14H,3-12,15-16H2,1-2H3/b14-13+. The van der Waals surface area contributed by atoms with Crippen molar-refractivity contribution in [3.05, 3.63) is 12.2 Å². The van der Waals surface area contributed by atoms with Crippen molar-refractivity contribution in [3.63, 3.8) is 0 Å². The van der Waals surface area contributed by atoms with Gasteiger partial charge >= 0.3 is 11.9 Å². The van der Waals surface area contributed by atoms with Gasteiger partial charge in [-0.1, -0.05) is 65.2 Å². The summed E-state index contributed by atoms with van der Waals surface area (Å²) < 4.78 is 9.84. The van der Waals surface area contributed by atoms with Gasteiger partial charge in [0.05, 0.1) is 13.2 Å². The zero-order valence-electron chi connectivity index (χ0n) is 14.3. The van der Waals surface area contributed by atoms with Crippen LogP contribution >= 0.6 is 0 Å². The molecule has 0 aliphatic carbocycles. The van der Waals surface area contributed by atoms with E-state index in [-0.39, 0.29) is 0 Å². The smallest absolute Gasteiger partial charge is 0.331 e. The highest BCUT2D eigenvalue weighted by Gasteiger charge is 2.00. The van der Waals surface area contributed by atoms with E-state index in [0.29, 0.717) is 13.2 Å². The van der Waals surface area contributed by atoms with Crippen molar-refractivity contribution in [1.29, 1.82) is 0 Å². The lowest BCUT2D eigenvalue weighted by Crippen LogP contribution is -2.05. The molecule has 0 atom stereocenters. The summed E-state index contributed by atoms with van der Waals surface area (Å²) in [6.45, 7) is 4.93. The molecule has 0 amide bonds. The highest BCUT2D eigenvalue weighted by atomic mass is 16.5. The molecule has 4 nitrogen and oxygen atoms in total. The maximum absolute atomic E-state index is 11.3. The van der Waals surface area contributed by atoms with E-state index in [0.717, 1.165) is 31.4 Å². The first-order chi connectivity index (χ1) is 10.7. The fraction of sp³-hybridized carbons (Fsp3) is 0.778. The molecule has 4 heteroatoms. The average Bonchev–Trinajstić information content (AvgIpc) is 2.52. The Morgan fingerprint density at radius 1 is 0.636 bits per heavy atom. The van der Waals surface area contributed by atoms with E-state index >= 15 is 0 Å². The average molecular weight is 312 g/mol. The van der Waals surface area contributed by atoms with Crippen molar-refractivity contribution in [1.82, 2.24) is 0 Å². The van der Waals surface area contributed by atoms with Gasteiger partial charge in [-0.2, -0.15) is 0 Å². The van der Waals surface area contributed by atoms with Crippen LogP contribution in [0, 0.1) is 0 Å². The summed E-state index contributed by atoms with van der Waals surface area (Å²) in [7, 11) is 0. The fourth-order valence-corrected chi connectivity index (χ4v) is 2.02. The van der Waals surface area contributed by atoms with Crippen LogP contribution in [0.4, 0.5) is 0 Å². The summed E-state index contributed by atoms with van der Waals surface area (Å²) in [5.41, 5.74) is 0. The minimum atomic E-state index is -0.498. The molecule has 0 aromatic carbocycles. The number of carbonyl (C=O) groups is 2. The van der Waals surface area contributed by atoms with E-state index in [1.165, 1.54) is 44.9 Å². The Bertz CT molecular complexity index is 310. The van der Waals surface area contributed by atoms with Crippen molar-refractivity contribution in [2.45, 2.75) is 78.1 Å². The molecule has 0 radical (unpaired) electrons. The topological polar surface area (TPSA) is 52.6 Å². The van der Waals surface area contributed by atoms with Crippen LogP contribution in [-0.4, -0.2) is 25.2 Å². The minimum Gasteiger partial charge on any atom is -0.463 e. The fourth-order valence-electron chi connectivity index (χ4n) is 2.02. The molecule has 0 N–H and O–H groups in total. The first-order valence-corrected chi connectivity index (χ1v) is 8.72. The lowest BCUT2D eigenvalue weighted by atomic mass is 10.1. The van der Waals surface area contributed by atoms with Gasteiger partial charge in [-0.05, 0) is 12.8 Å². The largest absolute Gasteiger partial charge is 0.463 e. The van der Waals surface area contributed by atoms with Crippen LogP contribution in [-0.2, 0) is 19.1 Å². The Kier molecular flexibility index (Phi) is 15.1. The maximum atomic E-state index is 11.3. The van der Waals surface area contributed by atoms with Gasteiger partial charge in [0.2, 0.25) is 0 Å². The quantitative estimate of drug-likeness (QED) is 0.268. The van der Waals surface area contributed by atoms with Gasteiger partial charge in [-0.25, -0.2) is 9.59 Å². The summed E-state index contributed by atoms with van der Waals surface area (Å²) in [5, 5.41) is 0. The molecule has 0 aliphatic heterocycles. The molecule has 128 valence electrons. The second-order valence-corrected chi connectivity index (χ2v) is 5.50. The van der Waals surface area contributed by atoms with E-state index in [2.05, 4.69) is 6.92 Å². The van der Waals surface area contributed by atoms with Crippen molar-refractivity contribution < 1.29 is 19.1 Å². The van der Waals surface area contributed by atoms with Crippen LogP contribution in [0.15, 0.2) is 12.2 Å². The Morgan fingerprint density at radius 2 is 1.09 bits per heavy atom. The number of carbonyl (C=O) groups excluding carboxylic acids is 2. The van der Waals surface area contributed by atoms with Gasteiger partial charge in [0.1, 0.15) is 0 Å². The Labute approximate surface area is 135 Å². The highest BCUT2D eigenvalue weighted by molar-refractivity contribution is 5.91. The summed E-state index contributed by atoms with van der Waals surface area (Å²) >= 11 is 0. The van der Waals surface area contributed by atoms with Gasteiger partial charge in [0.15, 0.2) is 0 Å². The van der Waals surface area contributed by atoms with E-state index < -0.39 is 11.9 Å². The molecule has 0 heterocycles. The molecule has 0 bridgehead atoms. The number of ether oxygens (including phenoxy) is 2. The lowest BCUT2D eigenvalue weighted by molar-refractivity contribution is -0.140. The van der Waals surface area contributed by atoms with Gasteiger partial charge in [0, 0.05) is 12.2 Å².